The van der Waals surface area contributed by atoms with Gasteiger partial charge in [-0.05, 0) is 61.3 Å². The van der Waals surface area contributed by atoms with Crippen molar-refractivity contribution in [1.82, 2.24) is 10.6 Å². The molecule has 6 nitrogen and oxygen atoms in total. The first kappa shape index (κ1) is 22.6. The van der Waals surface area contributed by atoms with Crippen molar-refractivity contribution in [3.05, 3.63) is 64.9 Å². The molecule has 0 aromatic heterocycles. The van der Waals surface area contributed by atoms with Crippen LogP contribution in [0.1, 0.15) is 37.9 Å². The molecule has 3 rings (SSSR count). The van der Waals surface area contributed by atoms with Crippen LogP contribution in [0.25, 0.3) is 0 Å². The van der Waals surface area contributed by atoms with E-state index < -0.39 is 6.04 Å². The lowest BCUT2D eigenvalue weighted by molar-refractivity contribution is -0.113. The first-order valence-corrected chi connectivity index (χ1v) is 10.7. The van der Waals surface area contributed by atoms with E-state index in [9.17, 15) is 4.79 Å². The van der Waals surface area contributed by atoms with Gasteiger partial charge in [0.25, 0.3) is 5.91 Å². The third kappa shape index (κ3) is 5.35. The van der Waals surface area contributed by atoms with Crippen LogP contribution in [0, 0.1) is 12.8 Å². The summed E-state index contributed by atoms with van der Waals surface area (Å²) in [5.41, 5.74) is 3.89. The molecule has 31 heavy (non-hydrogen) atoms. The van der Waals surface area contributed by atoms with E-state index in [1.54, 1.807) is 7.11 Å². The minimum atomic E-state index is -0.425. The first-order chi connectivity index (χ1) is 14.8. The molecule has 164 valence electrons. The molecule has 0 saturated heterocycles. The molecule has 2 aromatic rings. The number of aryl methyl sites for hydroxylation is 1. The van der Waals surface area contributed by atoms with Gasteiger partial charge in [-0.2, -0.15) is 0 Å². The molecule has 1 aliphatic heterocycles. The Morgan fingerprint density at radius 3 is 2.58 bits per heavy atom. The molecule has 2 aromatic carbocycles. The highest BCUT2D eigenvalue weighted by molar-refractivity contribution is 7.80. The first-order valence-electron chi connectivity index (χ1n) is 10.3. The van der Waals surface area contributed by atoms with Crippen molar-refractivity contribution in [2.45, 2.75) is 33.7 Å². The van der Waals surface area contributed by atoms with E-state index in [1.807, 2.05) is 56.3 Å². The number of hydrogen-bond donors (Lipinski definition) is 3. The molecular weight excluding hydrogens is 410 g/mol. The number of methoxy groups -OCH3 is 1. The van der Waals surface area contributed by atoms with Crippen molar-refractivity contribution < 1.29 is 14.3 Å². The summed E-state index contributed by atoms with van der Waals surface area (Å²) in [6.07, 6.45) is 0. The van der Waals surface area contributed by atoms with Gasteiger partial charge in [-0.1, -0.05) is 38.1 Å². The highest BCUT2D eigenvalue weighted by Gasteiger charge is 2.30. The van der Waals surface area contributed by atoms with Gasteiger partial charge in [0.1, 0.15) is 0 Å². The minimum absolute atomic E-state index is 0.196. The molecule has 0 aliphatic carbocycles. The van der Waals surface area contributed by atoms with E-state index in [1.165, 1.54) is 0 Å². The van der Waals surface area contributed by atoms with Gasteiger partial charge in [0, 0.05) is 11.4 Å². The fourth-order valence-electron chi connectivity index (χ4n) is 3.39. The van der Waals surface area contributed by atoms with Crippen LogP contribution in [0.3, 0.4) is 0 Å². The lowest BCUT2D eigenvalue weighted by atomic mass is 9.94. The zero-order valence-electron chi connectivity index (χ0n) is 18.5. The van der Waals surface area contributed by atoms with E-state index in [2.05, 4.69) is 29.8 Å². The number of nitrogens with one attached hydrogen (secondary N) is 3. The number of thiocarbonyl (C=S) groups is 1. The standard InChI is InChI=1S/C24H29N3O3S/c1-14(2)13-30-19-11-10-17(12-20(19)29-5)22-21(16(4)25-24(31)27-22)23(28)26-18-9-7-6-8-15(18)3/h6-12,14,22H,13H2,1-5H3,(H,26,28)(H2,25,27,31). The summed E-state index contributed by atoms with van der Waals surface area (Å²) in [5.74, 6) is 1.48. The Hall–Kier alpha value is -3.06. The third-order valence-corrected chi connectivity index (χ3v) is 5.22. The van der Waals surface area contributed by atoms with Crippen molar-refractivity contribution in [3.8, 4) is 11.5 Å². The van der Waals surface area contributed by atoms with Gasteiger partial charge in [0.05, 0.1) is 25.3 Å². The molecule has 0 radical (unpaired) electrons. The summed E-state index contributed by atoms with van der Waals surface area (Å²) in [5, 5.41) is 9.78. The van der Waals surface area contributed by atoms with Crippen LogP contribution >= 0.6 is 12.2 Å². The molecule has 1 atom stereocenters. The van der Waals surface area contributed by atoms with Gasteiger partial charge in [0.15, 0.2) is 16.6 Å². The monoisotopic (exact) mass is 439 g/mol. The molecule has 1 unspecified atom stereocenters. The predicted molar refractivity (Wildman–Crippen MR) is 127 cm³/mol. The fraction of sp³-hybridized carbons (Fsp3) is 0.333. The maximum Gasteiger partial charge on any atom is 0.255 e. The molecule has 1 aliphatic rings. The second-order valence-corrected chi connectivity index (χ2v) is 8.36. The number of hydrogen-bond acceptors (Lipinski definition) is 4. The quantitative estimate of drug-likeness (QED) is 0.553. The van der Waals surface area contributed by atoms with E-state index in [-0.39, 0.29) is 5.91 Å². The highest BCUT2D eigenvalue weighted by Crippen LogP contribution is 2.35. The zero-order chi connectivity index (χ0) is 22.5. The molecule has 1 amide bonds. The van der Waals surface area contributed by atoms with Crippen molar-refractivity contribution in [1.29, 1.82) is 0 Å². The van der Waals surface area contributed by atoms with Gasteiger partial charge >= 0.3 is 0 Å². The number of anilines is 1. The van der Waals surface area contributed by atoms with E-state index >= 15 is 0 Å². The smallest absolute Gasteiger partial charge is 0.255 e. The van der Waals surface area contributed by atoms with Crippen molar-refractivity contribution in [2.75, 3.05) is 19.0 Å². The number of allylic oxidation sites excluding steroid dienone is 1. The number of carbonyl (C=O) groups is 1. The molecule has 0 spiro atoms. The summed E-state index contributed by atoms with van der Waals surface area (Å²) in [7, 11) is 1.61. The number of benzene rings is 2. The van der Waals surface area contributed by atoms with Crippen molar-refractivity contribution in [3.63, 3.8) is 0 Å². The Morgan fingerprint density at radius 1 is 1.16 bits per heavy atom. The van der Waals surface area contributed by atoms with Crippen LogP contribution in [-0.4, -0.2) is 24.7 Å². The summed E-state index contributed by atoms with van der Waals surface area (Å²) < 4.78 is 11.4. The molecule has 0 bridgehead atoms. The second-order valence-electron chi connectivity index (χ2n) is 7.95. The molecule has 1 heterocycles. The number of ether oxygens (including phenoxy) is 2. The average molecular weight is 440 g/mol. The summed E-state index contributed by atoms with van der Waals surface area (Å²) in [6, 6.07) is 12.9. The van der Waals surface area contributed by atoms with Crippen LogP contribution in [0.5, 0.6) is 11.5 Å². The Labute approximate surface area is 189 Å². The van der Waals surface area contributed by atoms with Gasteiger partial charge in [-0.3, -0.25) is 4.79 Å². The SMILES string of the molecule is COc1cc(C2NC(=S)NC(C)=C2C(=O)Nc2ccccc2C)ccc1OCC(C)C. The van der Waals surface area contributed by atoms with Gasteiger partial charge in [0.2, 0.25) is 0 Å². The Balaban J connectivity index is 1.94. The fourth-order valence-corrected chi connectivity index (χ4v) is 3.66. The van der Waals surface area contributed by atoms with E-state index in [0.717, 1.165) is 16.8 Å². The van der Waals surface area contributed by atoms with Gasteiger partial charge < -0.3 is 25.4 Å². The topological polar surface area (TPSA) is 71.6 Å². The Bertz CT molecular complexity index is 1020. The Morgan fingerprint density at radius 2 is 1.90 bits per heavy atom. The molecular formula is C24H29N3O3S. The predicted octanol–water partition coefficient (Wildman–Crippen LogP) is 4.47. The van der Waals surface area contributed by atoms with Crippen LogP contribution < -0.4 is 25.4 Å². The Kier molecular flexibility index (Phi) is 7.17. The molecule has 0 fully saturated rings. The number of amides is 1. The lowest BCUT2D eigenvalue weighted by Crippen LogP contribution is -2.45. The average Bonchev–Trinajstić information content (AvgIpc) is 2.73. The van der Waals surface area contributed by atoms with Gasteiger partial charge in [-0.25, -0.2) is 0 Å². The number of carbonyl (C=O) groups excluding carboxylic acids is 1. The van der Waals surface area contributed by atoms with Crippen molar-refractivity contribution >= 4 is 28.9 Å². The summed E-state index contributed by atoms with van der Waals surface area (Å²) in [6.45, 7) is 8.58. The minimum Gasteiger partial charge on any atom is -0.493 e. The van der Waals surface area contributed by atoms with Gasteiger partial charge in [-0.15, -0.1) is 0 Å². The molecule has 7 heteroatoms. The number of para-hydroxylation sites is 1. The van der Waals surface area contributed by atoms with E-state index in [4.69, 9.17) is 21.7 Å². The van der Waals surface area contributed by atoms with Crippen LogP contribution in [0.4, 0.5) is 5.69 Å². The maximum atomic E-state index is 13.3. The zero-order valence-corrected chi connectivity index (χ0v) is 19.4. The lowest BCUT2D eigenvalue weighted by Gasteiger charge is -2.31. The van der Waals surface area contributed by atoms with Crippen LogP contribution in [0.15, 0.2) is 53.7 Å². The second kappa shape index (κ2) is 9.83. The summed E-state index contributed by atoms with van der Waals surface area (Å²) in [4.78, 5) is 13.3. The molecule has 0 saturated carbocycles. The number of rotatable bonds is 7. The van der Waals surface area contributed by atoms with Crippen LogP contribution in [-0.2, 0) is 4.79 Å². The highest BCUT2D eigenvalue weighted by atomic mass is 32.1. The molecule has 3 N–H and O–H groups in total. The van der Waals surface area contributed by atoms with Crippen LogP contribution in [0.2, 0.25) is 0 Å². The van der Waals surface area contributed by atoms with Crippen molar-refractivity contribution in [2.24, 2.45) is 5.92 Å². The largest absolute Gasteiger partial charge is 0.493 e. The maximum absolute atomic E-state index is 13.3. The van der Waals surface area contributed by atoms with E-state index in [0.29, 0.717) is 40.4 Å². The third-order valence-electron chi connectivity index (χ3n) is 5.00. The summed E-state index contributed by atoms with van der Waals surface area (Å²) >= 11 is 5.36. The normalized spacial score (nSPS) is 15.9.